The standard InChI is InChI=1S/C27H30N8O3S/c1-4-16-12-29-22(30-13-16)19-10-17(11-20-21(19)39-26(33-20)34-25(38)28-5-2)18-14-31-24(32-15-18)35-8-6-27(3,7-9-35)23(36)37/h10-15H,4-9H2,1-3H3,(H,36,37)(H2,28,33,34,38). The van der Waals surface area contributed by atoms with Gasteiger partial charge in [-0.3, -0.25) is 10.1 Å². The van der Waals surface area contributed by atoms with Crippen molar-refractivity contribution in [1.82, 2.24) is 30.2 Å². The lowest BCUT2D eigenvalue weighted by molar-refractivity contribution is -0.149. The summed E-state index contributed by atoms with van der Waals surface area (Å²) in [6, 6.07) is 3.62. The molecular weight excluding hydrogens is 516 g/mol. The Bertz CT molecular complexity index is 1500. The lowest BCUT2D eigenvalue weighted by Crippen LogP contribution is -2.43. The number of aliphatic carboxylic acids is 1. The number of hydrogen-bond acceptors (Lipinski definition) is 9. The van der Waals surface area contributed by atoms with Crippen LogP contribution in [-0.2, 0) is 11.2 Å². The molecule has 1 saturated heterocycles. The van der Waals surface area contributed by atoms with Gasteiger partial charge in [0.15, 0.2) is 11.0 Å². The molecule has 0 saturated carbocycles. The van der Waals surface area contributed by atoms with E-state index in [1.807, 2.05) is 36.4 Å². The lowest BCUT2D eigenvalue weighted by atomic mass is 9.80. The molecule has 4 aromatic rings. The van der Waals surface area contributed by atoms with E-state index in [9.17, 15) is 14.7 Å². The van der Waals surface area contributed by atoms with E-state index in [1.54, 1.807) is 19.3 Å². The SMILES string of the molecule is CCNC(=O)Nc1nc2cc(-c3cnc(N4CCC(C)(C(=O)O)CC4)nc3)cc(-c3ncc(CC)cn3)c2s1. The summed E-state index contributed by atoms with van der Waals surface area (Å²) in [4.78, 5) is 48.7. The second kappa shape index (κ2) is 10.9. The summed E-state index contributed by atoms with van der Waals surface area (Å²) < 4.78 is 0.863. The molecule has 1 aliphatic heterocycles. The van der Waals surface area contributed by atoms with Gasteiger partial charge in [-0.2, -0.15) is 0 Å². The van der Waals surface area contributed by atoms with Crippen LogP contribution < -0.4 is 15.5 Å². The first-order chi connectivity index (χ1) is 18.8. The Morgan fingerprint density at radius 1 is 1.03 bits per heavy atom. The minimum absolute atomic E-state index is 0.313. The maximum Gasteiger partial charge on any atom is 0.321 e. The fraction of sp³-hybridized carbons (Fsp3) is 0.370. The number of fused-ring (bicyclic) bond motifs is 1. The fourth-order valence-electron chi connectivity index (χ4n) is 4.44. The molecule has 12 heteroatoms. The van der Waals surface area contributed by atoms with Crippen LogP contribution in [0.1, 0.15) is 39.2 Å². The summed E-state index contributed by atoms with van der Waals surface area (Å²) in [5.41, 5.74) is 3.48. The van der Waals surface area contributed by atoms with Crippen LogP contribution in [0.2, 0.25) is 0 Å². The Morgan fingerprint density at radius 3 is 2.33 bits per heavy atom. The Kier molecular flexibility index (Phi) is 7.38. The summed E-state index contributed by atoms with van der Waals surface area (Å²) in [6.07, 6.45) is 9.09. The topological polar surface area (TPSA) is 146 Å². The molecule has 5 rings (SSSR count). The monoisotopic (exact) mass is 546 g/mol. The predicted octanol–water partition coefficient (Wildman–Crippen LogP) is 4.61. The first-order valence-corrected chi connectivity index (χ1v) is 13.7. The van der Waals surface area contributed by atoms with Crippen LogP contribution in [0.15, 0.2) is 36.9 Å². The molecule has 4 heterocycles. The van der Waals surface area contributed by atoms with Gasteiger partial charge in [-0.15, -0.1) is 0 Å². The van der Waals surface area contributed by atoms with E-state index in [2.05, 4.69) is 42.5 Å². The quantitative estimate of drug-likeness (QED) is 0.302. The van der Waals surface area contributed by atoms with Gasteiger partial charge in [0.2, 0.25) is 5.95 Å². The number of rotatable bonds is 7. The van der Waals surface area contributed by atoms with E-state index in [0.717, 1.165) is 33.4 Å². The van der Waals surface area contributed by atoms with Crippen molar-refractivity contribution < 1.29 is 14.7 Å². The van der Waals surface area contributed by atoms with E-state index in [-0.39, 0.29) is 6.03 Å². The number of carbonyl (C=O) groups is 2. The number of benzene rings is 1. The van der Waals surface area contributed by atoms with Crippen molar-refractivity contribution in [3.8, 4) is 22.5 Å². The zero-order valence-corrected chi connectivity index (χ0v) is 22.9. The number of hydrogen-bond donors (Lipinski definition) is 3. The molecule has 1 fully saturated rings. The maximum absolute atomic E-state index is 12.1. The zero-order chi connectivity index (χ0) is 27.6. The van der Waals surface area contributed by atoms with Crippen molar-refractivity contribution in [2.24, 2.45) is 5.41 Å². The minimum atomic E-state index is -0.760. The van der Waals surface area contributed by atoms with Crippen molar-refractivity contribution in [2.75, 3.05) is 29.9 Å². The second-order valence-corrected chi connectivity index (χ2v) is 10.8. The highest BCUT2D eigenvalue weighted by Crippen LogP contribution is 2.38. The number of thiazole rings is 1. The molecule has 202 valence electrons. The molecule has 11 nitrogen and oxygen atoms in total. The minimum Gasteiger partial charge on any atom is -0.481 e. The zero-order valence-electron chi connectivity index (χ0n) is 22.1. The molecule has 1 aliphatic rings. The van der Waals surface area contributed by atoms with Crippen LogP contribution in [0.25, 0.3) is 32.7 Å². The molecule has 39 heavy (non-hydrogen) atoms. The average Bonchev–Trinajstić information content (AvgIpc) is 3.35. The Balaban J connectivity index is 1.48. The maximum atomic E-state index is 12.1. The molecule has 0 unspecified atom stereocenters. The number of carbonyl (C=O) groups excluding carboxylic acids is 1. The third kappa shape index (κ3) is 5.51. The molecule has 0 atom stereocenters. The summed E-state index contributed by atoms with van der Waals surface area (Å²) in [7, 11) is 0. The van der Waals surface area contributed by atoms with Crippen LogP contribution in [0.4, 0.5) is 15.9 Å². The number of amides is 2. The van der Waals surface area contributed by atoms with Crippen LogP contribution in [-0.4, -0.2) is 61.7 Å². The van der Waals surface area contributed by atoms with Crippen molar-refractivity contribution in [3.05, 3.63) is 42.5 Å². The molecule has 1 aromatic carbocycles. The first kappa shape index (κ1) is 26.4. The van der Waals surface area contributed by atoms with Gasteiger partial charge in [0.25, 0.3) is 0 Å². The second-order valence-electron chi connectivity index (χ2n) is 9.77. The van der Waals surface area contributed by atoms with Crippen LogP contribution >= 0.6 is 11.3 Å². The number of aromatic nitrogens is 5. The van der Waals surface area contributed by atoms with Gasteiger partial charge in [-0.1, -0.05) is 18.3 Å². The average molecular weight is 547 g/mol. The highest BCUT2D eigenvalue weighted by atomic mass is 32.1. The Hall–Kier alpha value is -4.19. The molecule has 0 bridgehead atoms. The fourth-order valence-corrected chi connectivity index (χ4v) is 5.40. The molecule has 3 N–H and O–H groups in total. The van der Waals surface area contributed by atoms with Crippen LogP contribution in [0, 0.1) is 5.41 Å². The molecule has 0 aliphatic carbocycles. The normalized spacial score (nSPS) is 14.8. The smallest absolute Gasteiger partial charge is 0.321 e. The van der Waals surface area contributed by atoms with Gasteiger partial charge >= 0.3 is 12.0 Å². The van der Waals surface area contributed by atoms with E-state index in [1.165, 1.54) is 11.3 Å². The van der Waals surface area contributed by atoms with Crippen molar-refractivity contribution in [1.29, 1.82) is 0 Å². The summed E-state index contributed by atoms with van der Waals surface area (Å²) in [6.45, 7) is 7.38. The summed E-state index contributed by atoms with van der Waals surface area (Å²) >= 11 is 1.37. The number of urea groups is 1. The van der Waals surface area contributed by atoms with Gasteiger partial charge in [0, 0.05) is 55.5 Å². The number of piperidine rings is 1. The molecule has 0 spiro atoms. The molecule has 3 aromatic heterocycles. The third-order valence-electron chi connectivity index (χ3n) is 7.04. The molecule has 0 radical (unpaired) electrons. The summed E-state index contributed by atoms with van der Waals surface area (Å²) in [5, 5.41) is 15.5. The number of nitrogens with zero attached hydrogens (tertiary/aromatic N) is 6. The van der Waals surface area contributed by atoms with E-state index >= 15 is 0 Å². The van der Waals surface area contributed by atoms with Gasteiger partial charge < -0.3 is 15.3 Å². The number of aryl methyl sites for hydroxylation is 1. The number of nitrogens with one attached hydrogen (secondary N) is 2. The van der Waals surface area contributed by atoms with Gasteiger partial charge in [0.1, 0.15) is 0 Å². The van der Waals surface area contributed by atoms with Gasteiger partial charge in [-0.05, 0) is 56.4 Å². The largest absolute Gasteiger partial charge is 0.481 e. The third-order valence-corrected chi connectivity index (χ3v) is 8.06. The number of carboxylic acids is 1. The van der Waals surface area contributed by atoms with Crippen LogP contribution in [0.3, 0.4) is 0 Å². The first-order valence-electron chi connectivity index (χ1n) is 12.9. The van der Waals surface area contributed by atoms with Crippen molar-refractivity contribution >= 4 is 44.6 Å². The van der Waals surface area contributed by atoms with E-state index in [4.69, 9.17) is 0 Å². The molecular formula is C27H30N8O3S. The Labute approximate surface area is 229 Å². The summed E-state index contributed by atoms with van der Waals surface area (Å²) in [5.74, 6) is 0.386. The Morgan fingerprint density at radius 2 is 1.72 bits per heavy atom. The van der Waals surface area contributed by atoms with Gasteiger partial charge in [0.05, 0.1) is 15.6 Å². The lowest BCUT2D eigenvalue weighted by Gasteiger charge is -2.36. The number of anilines is 2. The van der Waals surface area contributed by atoms with E-state index < -0.39 is 11.4 Å². The van der Waals surface area contributed by atoms with Gasteiger partial charge in [-0.25, -0.2) is 29.7 Å². The highest BCUT2D eigenvalue weighted by molar-refractivity contribution is 7.22. The van der Waals surface area contributed by atoms with Crippen LogP contribution in [0.5, 0.6) is 0 Å². The molecule has 2 amide bonds. The predicted molar refractivity (Wildman–Crippen MR) is 151 cm³/mol. The highest BCUT2D eigenvalue weighted by Gasteiger charge is 2.37. The van der Waals surface area contributed by atoms with Crippen molar-refractivity contribution in [2.45, 2.75) is 40.0 Å². The number of carboxylic acid groups (broad SMARTS) is 1. The van der Waals surface area contributed by atoms with Crippen molar-refractivity contribution in [3.63, 3.8) is 0 Å². The van der Waals surface area contributed by atoms with E-state index in [0.29, 0.717) is 54.9 Å².